The van der Waals surface area contributed by atoms with Gasteiger partial charge in [0.05, 0.1) is 24.9 Å². The van der Waals surface area contributed by atoms with E-state index in [2.05, 4.69) is 15.4 Å². The highest BCUT2D eigenvalue weighted by Gasteiger charge is 2.32. The molecule has 2 N–H and O–H groups in total. The SMILES string of the molecule is CCOc1ccc(N(C(=O)OC(C)(C)C)c2c(CC(=O)N[C@H]3CCCN(C(=O)O)C3)c(Cl)nc3ccnn23)cc1. The van der Waals surface area contributed by atoms with Gasteiger partial charge in [0.1, 0.15) is 16.5 Å². The highest BCUT2D eigenvalue weighted by molar-refractivity contribution is 6.31. The maximum Gasteiger partial charge on any atom is 0.420 e. The van der Waals surface area contributed by atoms with E-state index in [1.165, 1.54) is 20.5 Å². The summed E-state index contributed by atoms with van der Waals surface area (Å²) in [6.07, 6.45) is 0.816. The first-order valence-electron chi connectivity index (χ1n) is 13.0. The Labute approximate surface area is 236 Å². The van der Waals surface area contributed by atoms with E-state index in [9.17, 15) is 19.5 Å². The molecule has 0 bridgehead atoms. The van der Waals surface area contributed by atoms with Crippen molar-refractivity contribution in [2.24, 2.45) is 0 Å². The first kappa shape index (κ1) is 28.9. The predicted molar refractivity (Wildman–Crippen MR) is 148 cm³/mol. The minimum Gasteiger partial charge on any atom is -0.494 e. The molecule has 0 aliphatic carbocycles. The Hall–Kier alpha value is -4.06. The largest absolute Gasteiger partial charge is 0.494 e. The second-order valence-corrected chi connectivity index (χ2v) is 10.7. The number of hydrogen-bond donors (Lipinski definition) is 2. The number of nitrogens with zero attached hydrogens (tertiary/aromatic N) is 5. The number of hydrogen-bond acceptors (Lipinski definition) is 7. The number of aromatic nitrogens is 3. The van der Waals surface area contributed by atoms with Crippen LogP contribution in [0.2, 0.25) is 5.15 Å². The van der Waals surface area contributed by atoms with Gasteiger partial charge in [-0.3, -0.25) is 4.79 Å². The minimum atomic E-state index is -1.03. The maximum absolute atomic E-state index is 13.7. The van der Waals surface area contributed by atoms with E-state index in [4.69, 9.17) is 21.1 Å². The summed E-state index contributed by atoms with van der Waals surface area (Å²) in [6, 6.07) is 8.13. The van der Waals surface area contributed by atoms with Crippen molar-refractivity contribution >= 4 is 46.8 Å². The first-order valence-corrected chi connectivity index (χ1v) is 13.4. The molecular formula is C27H33ClN6O6. The van der Waals surface area contributed by atoms with Crippen molar-refractivity contribution in [2.45, 2.75) is 58.6 Å². The van der Waals surface area contributed by atoms with E-state index in [0.717, 1.165) is 0 Å². The van der Waals surface area contributed by atoms with Gasteiger partial charge in [0, 0.05) is 30.8 Å². The van der Waals surface area contributed by atoms with Gasteiger partial charge in [-0.15, -0.1) is 0 Å². The topological polar surface area (TPSA) is 139 Å². The molecule has 3 heterocycles. The van der Waals surface area contributed by atoms with E-state index in [0.29, 0.717) is 43.1 Å². The Bertz CT molecular complexity index is 1390. The van der Waals surface area contributed by atoms with Crippen LogP contribution in [0.4, 0.5) is 21.1 Å². The number of nitrogens with one attached hydrogen (secondary N) is 1. The van der Waals surface area contributed by atoms with E-state index in [-0.39, 0.29) is 35.5 Å². The van der Waals surface area contributed by atoms with Crippen LogP contribution in [0.1, 0.15) is 46.1 Å². The quantitative estimate of drug-likeness (QED) is 0.390. The van der Waals surface area contributed by atoms with Crippen LogP contribution in [0.25, 0.3) is 5.65 Å². The van der Waals surface area contributed by atoms with Crippen molar-refractivity contribution < 1.29 is 29.0 Å². The fourth-order valence-corrected chi connectivity index (χ4v) is 4.74. The van der Waals surface area contributed by atoms with Gasteiger partial charge in [0.15, 0.2) is 11.5 Å². The molecule has 13 heteroatoms. The van der Waals surface area contributed by atoms with Gasteiger partial charge in [-0.25, -0.2) is 19.5 Å². The average Bonchev–Trinajstić information content (AvgIpc) is 3.34. The van der Waals surface area contributed by atoms with Gasteiger partial charge in [0.25, 0.3) is 0 Å². The van der Waals surface area contributed by atoms with Gasteiger partial charge >= 0.3 is 12.2 Å². The van der Waals surface area contributed by atoms with Crippen LogP contribution < -0.4 is 15.0 Å². The predicted octanol–water partition coefficient (Wildman–Crippen LogP) is 4.66. The first-order chi connectivity index (χ1) is 19.0. The molecule has 3 aromatic rings. The number of rotatable bonds is 7. The van der Waals surface area contributed by atoms with Gasteiger partial charge in [-0.1, -0.05) is 11.6 Å². The number of piperidine rings is 1. The van der Waals surface area contributed by atoms with Crippen LogP contribution in [0, 0.1) is 0 Å². The van der Waals surface area contributed by atoms with E-state index in [1.54, 1.807) is 51.1 Å². The zero-order valence-corrected chi connectivity index (χ0v) is 23.6. The summed E-state index contributed by atoms with van der Waals surface area (Å²) in [5.41, 5.74) is 0.228. The van der Waals surface area contributed by atoms with Crippen LogP contribution in [0.15, 0.2) is 36.5 Å². The fraction of sp³-hybridized carbons (Fsp3) is 0.444. The third-order valence-corrected chi connectivity index (χ3v) is 6.46. The van der Waals surface area contributed by atoms with Crippen molar-refractivity contribution in [3.8, 4) is 5.75 Å². The minimum absolute atomic E-state index is 0.0217. The van der Waals surface area contributed by atoms with Crippen LogP contribution in [0.5, 0.6) is 5.75 Å². The molecule has 1 aromatic carbocycles. The van der Waals surface area contributed by atoms with Crippen LogP contribution >= 0.6 is 11.6 Å². The Kier molecular flexibility index (Phi) is 8.67. The number of carbonyl (C=O) groups is 3. The van der Waals surface area contributed by atoms with E-state index < -0.39 is 23.7 Å². The maximum atomic E-state index is 13.7. The van der Waals surface area contributed by atoms with Crippen molar-refractivity contribution in [3.63, 3.8) is 0 Å². The summed E-state index contributed by atoms with van der Waals surface area (Å²) in [5, 5.41) is 16.6. The molecule has 1 aliphatic rings. The molecule has 0 unspecified atom stereocenters. The lowest BCUT2D eigenvalue weighted by Gasteiger charge is -2.31. The number of ether oxygens (including phenoxy) is 2. The van der Waals surface area contributed by atoms with Crippen molar-refractivity contribution in [1.82, 2.24) is 24.8 Å². The number of amides is 3. The number of fused-ring (bicyclic) bond motifs is 1. The molecule has 4 rings (SSSR count). The highest BCUT2D eigenvalue weighted by Crippen LogP contribution is 2.35. The Morgan fingerprint density at radius 3 is 2.58 bits per heavy atom. The summed E-state index contributed by atoms with van der Waals surface area (Å²) in [4.78, 5) is 45.4. The molecule has 0 radical (unpaired) electrons. The molecule has 2 aromatic heterocycles. The lowest BCUT2D eigenvalue weighted by atomic mass is 10.1. The van der Waals surface area contributed by atoms with E-state index in [1.807, 2.05) is 6.92 Å². The zero-order chi connectivity index (χ0) is 29.0. The summed E-state index contributed by atoms with van der Waals surface area (Å²) in [7, 11) is 0. The molecule has 12 nitrogen and oxygen atoms in total. The third-order valence-electron chi connectivity index (χ3n) is 6.14. The molecular weight excluding hydrogens is 540 g/mol. The van der Waals surface area contributed by atoms with Crippen molar-refractivity contribution in [3.05, 3.63) is 47.2 Å². The van der Waals surface area contributed by atoms with Crippen LogP contribution in [-0.4, -0.2) is 74.0 Å². The number of benzene rings is 1. The average molecular weight is 573 g/mol. The number of carboxylic acid groups (broad SMARTS) is 1. The number of halogens is 1. The summed E-state index contributed by atoms with van der Waals surface area (Å²) in [6.45, 7) is 8.22. The van der Waals surface area contributed by atoms with Gasteiger partial charge < -0.3 is 24.8 Å². The summed E-state index contributed by atoms with van der Waals surface area (Å²) in [5.74, 6) is 0.420. The molecule has 0 saturated carbocycles. The van der Waals surface area contributed by atoms with E-state index >= 15 is 0 Å². The Morgan fingerprint density at radius 1 is 1.20 bits per heavy atom. The van der Waals surface area contributed by atoms with Crippen molar-refractivity contribution in [1.29, 1.82) is 0 Å². The van der Waals surface area contributed by atoms with Crippen molar-refractivity contribution in [2.75, 3.05) is 24.6 Å². The molecule has 0 spiro atoms. The molecule has 1 aliphatic heterocycles. The summed E-state index contributed by atoms with van der Waals surface area (Å²) < 4.78 is 12.7. The summed E-state index contributed by atoms with van der Waals surface area (Å²) >= 11 is 6.64. The Balaban J connectivity index is 1.76. The van der Waals surface area contributed by atoms with Crippen LogP contribution in [0.3, 0.4) is 0 Å². The number of carbonyl (C=O) groups excluding carboxylic acids is 2. The zero-order valence-electron chi connectivity index (χ0n) is 22.9. The molecule has 1 saturated heterocycles. The van der Waals surface area contributed by atoms with Gasteiger partial charge in [-0.2, -0.15) is 9.61 Å². The lowest BCUT2D eigenvalue weighted by molar-refractivity contribution is -0.121. The highest BCUT2D eigenvalue weighted by atomic mass is 35.5. The van der Waals surface area contributed by atoms with Gasteiger partial charge in [0.2, 0.25) is 5.91 Å². The monoisotopic (exact) mass is 572 g/mol. The van der Waals surface area contributed by atoms with Gasteiger partial charge in [-0.05, 0) is 64.8 Å². The fourth-order valence-electron chi connectivity index (χ4n) is 4.50. The number of anilines is 2. The molecule has 3 amide bonds. The number of likely N-dealkylation sites (tertiary alicyclic amines) is 1. The standard InChI is InChI=1S/C27H33ClN6O6/c1-5-39-19-10-8-18(9-11-19)33(26(38)40-27(2,3)4)24-20(23(28)31-21-12-13-29-34(21)24)15-22(35)30-17-7-6-14-32(16-17)25(36)37/h8-13,17H,5-7,14-16H2,1-4H3,(H,30,35)(H,36,37)/t17-/m0/s1. The lowest BCUT2D eigenvalue weighted by Crippen LogP contribution is -2.49. The second kappa shape index (κ2) is 12.0. The molecule has 40 heavy (non-hydrogen) atoms. The van der Waals surface area contributed by atoms with Crippen LogP contribution in [-0.2, 0) is 16.0 Å². The normalized spacial score (nSPS) is 15.5. The Morgan fingerprint density at radius 2 is 1.93 bits per heavy atom. The molecule has 214 valence electrons. The molecule has 1 atom stereocenters. The molecule has 1 fully saturated rings. The third kappa shape index (κ3) is 6.74. The second-order valence-electron chi connectivity index (χ2n) is 10.4. The smallest absolute Gasteiger partial charge is 0.420 e.